The Kier molecular flexibility index (Phi) is 33.9. The van der Waals surface area contributed by atoms with Crippen LogP contribution in [0.25, 0.3) is 0 Å². The predicted molar refractivity (Wildman–Crippen MR) is 153 cm³/mol. The standard InChI is InChI=1S/2C15H30O2.Al.H2O/c2*1-2-3-4-5-6-7-8-9-10-11-12-13-14-15(16)17;;/h2*2-14H2,1H3,(H,16,17);;1H2/q;;+2;/p-2. The largest absolute Gasteiger partial charge is 0.885 e. The molecular weight excluding hydrogens is 467 g/mol. The molecule has 0 aliphatic carbocycles. The van der Waals surface area contributed by atoms with Gasteiger partial charge in [-0.05, 0) is 12.8 Å². The minimum Gasteiger partial charge on any atom is -0.589 e. The number of carbonyl (C=O) groups excluding carboxylic acids is 2. The van der Waals surface area contributed by atoms with Gasteiger partial charge in [-0.3, -0.25) is 9.59 Å². The first-order valence-electron chi connectivity index (χ1n) is 15.4. The van der Waals surface area contributed by atoms with Crippen LogP contribution >= 0.6 is 0 Å². The SMILES string of the molecule is CCCCCCCCCCCCCCC(=O)[O][Al][O]C(=O)CCCCCCCCCCCCCC.O. The van der Waals surface area contributed by atoms with Crippen LogP contribution in [-0.2, 0) is 17.2 Å². The zero-order valence-corrected chi connectivity index (χ0v) is 25.2. The summed E-state index contributed by atoms with van der Waals surface area (Å²) in [7, 11) is 0. The van der Waals surface area contributed by atoms with Gasteiger partial charge in [0.15, 0.2) is 0 Å². The second kappa shape index (κ2) is 32.5. The van der Waals surface area contributed by atoms with Gasteiger partial charge < -0.3 is 13.1 Å². The molecule has 0 saturated heterocycles. The van der Waals surface area contributed by atoms with Gasteiger partial charge in [-0.25, -0.2) is 0 Å². The van der Waals surface area contributed by atoms with Crippen molar-refractivity contribution in [1.29, 1.82) is 0 Å². The van der Waals surface area contributed by atoms with Crippen molar-refractivity contribution in [2.24, 2.45) is 0 Å². The summed E-state index contributed by atoms with van der Waals surface area (Å²) in [5.74, 6) is -0.435. The highest BCUT2D eigenvalue weighted by molar-refractivity contribution is 6.25. The maximum absolute atomic E-state index is 11.8. The molecule has 0 aromatic rings. The monoisotopic (exact) mass is 527 g/mol. The lowest BCUT2D eigenvalue weighted by Gasteiger charge is -2.07. The molecule has 2 N–H and O–H groups in total. The van der Waals surface area contributed by atoms with Gasteiger partial charge in [-0.15, -0.1) is 0 Å². The van der Waals surface area contributed by atoms with E-state index in [9.17, 15) is 9.59 Å². The third-order valence-corrected chi connectivity index (χ3v) is 7.55. The first-order chi connectivity index (χ1) is 17.2. The molecule has 0 spiro atoms. The maximum atomic E-state index is 11.8. The van der Waals surface area contributed by atoms with E-state index in [2.05, 4.69) is 13.8 Å². The zero-order chi connectivity index (χ0) is 25.7. The van der Waals surface area contributed by atoms with E-state index in [4.69, 9.17) is 7.58 Å². The molecule has 0 aliphatic heterocycles. The molecule has 0 atom stereocenters. The summed E-state index contributed by atoms with van der Waals surface area (Å²) in [4.78, 5) is 23.6. The molecule has 0 unspecified atom stereocenters. The Balaban J connectivity index is 0. The number of unbranched alkanes of at least 4 members (excludes halogenated alkanes) is 22. The average Bonchev–Trinajstić information content (AvgIpc) is 2.85. The Morgan fingerprint density at radius 2 is 0.639 bits per heavy atom. The van der Waals surface area contributed by atoms with E-state index in [-0.39, 0.29) is 17.4 Å². The van der Waals surface area contributed by atoms with Crippen molar-refractivity contribution < 1.29 is 22.6 Å². The van der Waals surface area contributed by atoms with Gasteiger partial charge in [0, 0.05) is 12.8 Å². The Morgan fingerprint density at radius 1 is 0.417 bits per heavy atom. The number of hydrogen-bond acceptors (Lipinski definition) is 4. The van der Waals surface area contributed by atoms with Crippen LogP contribution in [0.3, 0.4) is 0 Å². The van der Waals surface area contributed by atoms with E-state index in [1.165, 1.54) is 128 Å². The van der Waals surface area contributed by atoms with Crippen molar-refractivity contribution in [1.82, 2.24) is 0 Å². The topological polar surface area (TPSA) is 84.1 Å². The summed E-state index contributed by atoms with van der Waals surface area (Å²) < 4.78 is 10.3. The van der Waals surface area contributed by atoms with Gasteiger partial charge in [-0.1, -0.05) is 155 Å². The first-order valence-corrected chi connectivity index (χ1v) is 16.4. The van der Waals surface area contributed by atoms with Crippen LogP contribution in [0.4, 0.5) is 0 Å². The molecule has 1 radical (unpaired) electrons. The first kappa shape index (κ1) is 37.6. The van der Waals surface area contributed by atoms with Gasteiger partial charge in [0.2, 0.25) is 0 Å². The van der Waals surface area contributed by atoms with Gasteiger partial charge in [0.1, 0.15) is 0 Å². The number of rotatable bonds is 28. The van der Waals surface area contributed by atoms with Crippen molar-refractivity contribution >= 4 is 27.8 Å². The lowest BCUT2D eigenvalue weighted by molar-refractivity contribution is -0.139. The van der Waals surface area contributed by atoms with Crippen molar-refractivity contribution in [3.8, 4) is 0 Å². The molecule has 213 valence electrons. The number of hydrogen-bond donors (Lipinski definition) is 0. The van der Waals surface area contributed by atoms with E-state index in [0.717, 1.165) is 25.7 Å². The molecule has 0 rings (SSSR count). The summed E-state index contributed by atoms with van der Waals surface area (Å²) in [5.41, 5.74) is 0. The molecule has 0 aromatic heterocycles. The minimum atomic E-state index is -0.995. The van der Waals surface area contributed by atoms with Crippen LogP contribution < -0.4 is 0 Å². The molecule has 0 amide bonds. The normalized spacial score (nSPS) is 10.6. The van der Waals surface area contributed by atoms with Crippen LogP contribution in [0, 0.1) is 0 Å². The molecule has 0 bridgehead atoms. The van der Waals surface area contributed by atoms with Crippen molar-refractivity contribution in [3.63, 3.8) is 0 Å². The Labute approximate surface area is 230 Å². The van der Waals surface area contributed by atoms with Gasteiger partial charge in [0.25, 0.3) is 11.9 Å². The van der Waals surface area contributed by atoms with Gasteiger partial charge >= 0.3 is 15.9 Å². The van der Waals surface area contributed by atoms with E-state index in [0.29, 0.717) is 12.8 Å². The van der Waals surface area contributed by atoms with Crippen molar-refractivity contribution in [2.45, 2.75) is 181 Å². The molecule has 0 heterocycles. The summed E-state index contributed by atoms with van der Waals surface area (Å²) in [6, 6.07) is 0. The fourth-order valence-corrected chi connectivity index (χ4v) is 4.97. The smallest absolute Gasteiger partial charge is 0.589 e. The quantitative estimate of drug-likeness (QED) is 0.0750. The van der Waals surface area contributed by atoms with E-state index in [1.54, 1.807) is 0 Å². The van der Waals surface area contributed by atoms with E-state index < -0.39 is 15.9 Å². The Bertz CT molecular complexity index is 419. The van der Waals surface area contributed by atoms with E-state index >= 15 is 0 Å². The fraction of sp³-hybridized carbons (Fsp3) is 0.933. The van der Waals surface area contributed by atoms with Crippen molar-refractivity contribution in [3.05, 3.63) is 0 Å². The second-order valence-corrected chi connectivity index (χ2v) is 11.0. The summed E-state index contributed by atoms with van der Waals surface area (Å²) in [6.07, 6.45) is 31.6. The Hall–Kier alpha value is -0.568. The lowest BCUT2D eigenvalue weighted by Crippen LogP contribution is -2.15. The molecule has 6 heteroatoms. The third kappa shape index (κ3) is 31.5. The summed E-state index contributed by atoms with van der Waals surface area (Å²) in [6.45, 7) is 4.52. The van der Waals surface area contributed by atoms with Gasteiger partial charge in [0.05, 0.1) is 0 Å². The Morgan fingerprint density at radius 3 is 0.889 bits per heavy atom. The molecule has 0 aromatic carbocycles. The van der Waals surface area contributed by atoms with Crippen LogP contribution in [0.1, 0.15) is 181 Å². The molecule has 0 aliphatic rings. The van der Waals surface area contributed by atoms with Gasteiger partial charge in [-0.2, -0.15) is 0 Å². The zero-order valence-electron chi connectivity index (χ0n) is 24.1. The summed E-state index contributed by atoms with van der Waals surface area (Å²) in [5, 5.41) is 0. The predicted octanol–water partition coefficient (Wildman–Crippen LogP) is 8.96. The average molecular weight is 528 g/mol. The molecule has 36 heavy (non-hydrogen) atoms. The molecule has 5 nitrogen and oxygen atoms in total. The second-order valence-electron chi connectivity index (χ2n) is 10.4. The highest BCUT2D eigenvalue weighted by Crippen LogP contribution is 2.14. The molecular formula is C30H60AlO5. The van der Waals surface area contributed by atoms with E-state index in [1.807, 2.05) is 0 Å². The fourth-order valence-electron chi connectivity index (χ4n) is 4.47. The molecule has 0 saturated carbocycles. The van der Waals surface area contributed by atoms with Crippen LogP contribution in [0.2, 0.25) is 0 Å². The van der Waals surface area contributed by atoms with Crippen molar-refractivity contribution in [2.75, 3.05) is 0 Å². The van der Waals surface area contributed by atoms with Crippen LogP contribution in [0.15, 0.2) is 0 Å². The highest BCUT2D eigenvalue weighted by atomic mass is 27.2. The van der Waals surface area contributed by atoms with Crippen LogP contribution in [-0.4, -0.2) is 33.3 Å². The summed E-state index contributed by atoms with van der Waals surface area (Å²) >= 11 is -0.995. The third-order valence-electron chi connectivity index (χ3n) is 6.83. The highest BCUT2D eigenvalue weighted by Gasteiger charge is 2.13. The minimum absolute atomic E-state index is 0. The number of carbonyl (C=O) groups is 2. The maximum Gasteiger partial charge on any atom is 0.885 e. The lowest BCUT2D eigenvalue weighted by atomic mass is 10.0. The molecule has 0 fully saturated rings. The van der Waals surface area contributed by atoms with Crippen LogP contribution in [0.5, 0.6) is 0 Å².